The van der Waals surface area contributed by atoms with Crippen LogP contribution >= 0.6 is 0 Å². The molecule has 4 rings (SSSR count). The third-order valence-corrected chi connectivity index (χ3v) is 6.03. The molecule has 0 spiro atoms. The lowest BCUT2D eigenvalue weighted by molar-refractivity contribution is 0.141. The van der Waals surface area contributed by atoms with Crippen LogP contribution < -0.4 is 10.2 Å². The molecule has 3 heterocycles. The Morgan fingerprint density at radius 2 is 1.86 bits per heavy atom. The summed E-state index contributed by atoms with van der Waals surface area (Å²) in [5, 5.41) is 20.9. The molecular weight excluding hydrogens is 364 g/mol. The average Bonchev–Trinajstić information content (AvgIpc) is 2.67. The highest BCUT2D eigenvalue weighted by Crippen LogP contribution is 2.34. The van der Waals surface area contributed by atoms with Crippen LogP contribution in [0.1, 0.15) is 41.3 Å². The van der Waals surface area contributed by atoms with Crippen LogP contribution in [0.25, 0.3) is 0 Å². The number of piperidine rings is 1. The van der Waals surface area contributed by atoms with Gasteiger partial charge in [-0.25, -0.2) is 9.97 Å². The van der Waals surface area contributed by atoms with Crippen LogP contribution in [-0.4, -0.2) is 65.5 Å². The Bertz CT molecular complexity index is 900. The van der Waals surface area contributed by atoms with Crippen molar-refractivity contribution in [2.45, 2.75) is 38.7 Å². The summed E-state index contributed by atoms with van der Waals surface area (Å²) in [5.74, 6) is 2.78. The zero-order valence-electron chi connectivity index (χ0n) is 17.4. The van der Waals surface area contributed by atoms with Gasteiger partial charge in [0, 0.05) is 36.6 Å². The first-order valence-electron chi connectivity index (χ1n) is 10.3. The fraction of sp³-hybridized carbons (Fsp3) is 0.500. The van der Waals surface area contributed by atoms with E-state index in [0.717, 1.165) is 48.8 Å². The Hall–Kier alpha value is -2.51. The highest BCUT2D eigenvalue weighted by molar-refractivity contribution is 5.88. The number of likely N-dealkylation sites (tertiary alicyclic amines) is 1. The maximum Gasteiger partial charge on any atom is 0.136 e. The number of aryl methyl sites for hydroxylation is 2. The molecule has 2 aliphatic heterocycles. The van der Waals surface area contributed by atoms with Crippen molar-refractivity contribution < 1.29 is 5.11 Å². The van der Waals surface area contributed by atoms with E-state index in [1.54, 1.807) is 0 Å². The molecule has 0 radical (unpaired) electrons. The molecule has 2 fully saturated rings. The lowest BCUT2D eigenvalue weighted by Crippen LogP contribution is -2.51. The number of nitrogens with one attached hydrogen (secondary N) is 2. The quantitative estimate of drug-likeness (QED) is 0.676. The maximum absolute atomic E-state index is 9.59. The second kappa shape index (κ2) is 8.08. The Morgan fingerprint density at radius 3 is 2.52 bits per heavy atom. The number of nitrogens with zero attached hydrogens (tertiary/aromatic N) is 4. The predicted octanol–water partition coefficient (Wildman–Crippen LogP) is 2.82. The summed E-state index contributed by atoms with van der Waals surface area (Å²) in [6, 6.07) is 6.22. The van der Waals surface area contributed by atoms with E-state index < -0.39 is 0 Å². The van der Waals surface area contributed by atoms with E-state index in [2.05, 4.69) is 46.3 Å². The van der Waals surface area contributed by atoms with Crippen molar-refractivity contribution >= 4 is 23.5 Å². The minimum Gasteiger partial charge on any atom is -0.389 e. The van der Waals surface area contributed by atoms with Gasteiger partial charge in [-0.15, -0.1) is 0 Å². The normalized spacial score (nSPS) is 18.6. The number of rotatable bonds is 5. The van der Waals surface area contributed by atoms with Gasteiger partial charge in [-0.1, -0.05) is 0 Å². The fourth-order valence-electron chi connectivity index (χ4n) is 4.29. The molecular formula is C22H30N6O. The highest BCUT2D eigenvalue weighted by Gasteiger charge is 2.26. The summed E-state index contributed by atoms with van der Waals surface area (Å²) in [4.78, 5) is 13.5. The van der Waals surface area contributed by atoms with E-state index in [9.17, 15) is 5.11 Å². The first-order chi connectivity index (χ1) is 13.9. The van der Waals surface area contributed by atoms with Crippen LogP contribution in [0.3, 0.4) is 0 Å². The smallest absolute Gasteiger partial charge is 0.136 e. The Morgan fingerprint density at radius 1 is 1.14 bits per heavy atom. The summed E-state index contributed by atoms with van der Waals surface area (Å²) in [7, 11) is 2.18. The van der Waals surface area contributed by atoms with E-state index >= 15 is 0 Å². The number of aliphatic hydroxyl groups excluding tert-OH is 1. The Kier molecular flexibility index (Phi) is 5.52. The summed E-state index contributed by atoms with van der Waals surface area (Å²) in [6.45, 7) is 7.47. The van der Waals surface area contributed by atoms with Gasteiger partial charge in [-0.2, -0.15) is 0 Å². The number of aliphatic hydroxyl groups is 1. The van der Waals surface area contributed by atoms with Gasteiger partial charge >= 0.3 is 0 Å². The minimum atomic E-state index is -0.277. The van der Waals surface area contributed by atoms with E-state index in [4.69, 9.17) is 5.41 Å². The van der Waals surface area contributed by atoms with E-state index in [-0.39, 0.29) is 6.10 Å². The lowest BCUT2D eigenvalue weighted by Gasteiger charge is -2.37. The third-order valence-electron chi connectivity index (χ3n) is 6.03. The van der Waals surface area contributed by atoms with Crippen LogP contribution in [-0.2, 0) is 0 Å². The number of benzene rings is 1. The average molecular weight is 395 g/mol. The number of anilines is 3. The number of aromatic nitrogens is 2. The number of hydrogen-bond acceptors (Lipinski definition) is 7. The van der Waals surface area contributed by atoms with Gasteiger partial charge in [-0.05, 0) is 76.0 Å². The third kappa shape index (κ3) is 4.26. The van der Waals surface area contributed by atoms with Gasteiger partial charge in [0.05, 0.1) is 6.10 Å². The van der Waals surface area contributed by atoms with Gasteiger partial charge in [0.2, 0.25) is 0 Å². The van der Waals surface area contributed by atoms with Crippen molar-refractivity contribution in [3.05, 3.63) is 40.7 Å². The molecule has 154 valence electrons. The second-order valence-electron chi connectivity index (χ2n) is 8.36. The van der Waals surface area contributed by atoms with Crippen molar-refractivity contribution in [1.82, 2.24) is 14.9 Å². The summed E-state index contributed by atoms with van der Waals surface area (Å²) in [5.41, 5.74) is 4.38. The standard InChI is InChI=1S/C22H30N6O/c1-14-8-17(11-23)20(9-19(14)16-4-6-27(3)7-5-16)26-21-10-22(25-15(2)24-21)28-12-18(29)13-28/h8-11,16,18,23,29H,4-7,12-13H2,1-3H3,(H,24,25,26). The molecule has 1 aromatic carbocycles. The zero-order chi connectivity index (χ0) is 20.5. The maximum atomic E-state index is 9.59. The van der Waals surface area contributed by atoms with Crippen LogP contribution in [0.5, 0.6) is 0 Å². The SMILES string of the molecule is Cc1nc(Nc2cc(C3CCN(C)CC3)c(C)cc2C=N)cc(N2CC(O)C2)n1. The van der Waals surface area contributed by atoms with Gasteiger partial charge < -0.3 is 25.6 Å². The molecule has 7 heteroatoms. The van der Waals surface area contributed by atoms with Crippen LogP contribution in [0.4, 0.5) is 17.3 Å². The van der Waals surface area contributed by atoms with E-state index in [1.807, 2.05) is 17.9 Å². The van der Waals surface area contributed by atoms with Crippen molar-refractivity contribution in [2.75, 3.05) is 43.4 Å². The summed E-state index contributed by atoms with van der Waals surface area (Å²) >= 11 is 0. The first kappa shape index (κ1) is 19.8. The molecule has 2 aliphatic rings. The summed E-state index contributed by atoms with van der Waals surface area (Å²) < 4.78 is 0. The lowest BCUT2D eigenvalue weighted by atomic mass is 9.86. The predicted molar refractivity (Wildman–Crippen MR) is 117 cm³/mol. The monoisotopic (exact) mass is 394 g/mol. The van der Waals surface area contributed by atoms with Gasteiger partial charge in [0.15, 0.2) is 0 Å². The first-order valence-corrected chi connectivity index (χ1v) is 10.3. The van der Waals surface area contributed by atoms with Crippen LogP contribution in [0.15, 0.2) is 18.2 Å². The molecule has 0 atom stereocenters. The molecule has 0 unspecified atom stereocenters. The molecule has 1 aromatic heterocycles. The molecule has 0 aliphatic carbocycles. The van der Waals surface area contributed by atoms with Gasteiger partial charge in [0.25, 0.3) is 0 Å². The molecule has 0 saturated carbocycles. The molecule has 29 heavy (non-hydrogen) atoms. The molecule has 2 saturated heterocycles. The molecule has 2 aromatic rings. The van der Waals surface area contributed by atoms with Crippen molar-refractivity contribution in [3.63, 3.8) is 0 Å². The topological polar surface area (TPSA) is 88.4 Å². The van der Waals surface area contributed by atoms with Gasteiger partial charge in [0.1, 0.15) is 17.5 Å². The summed E-state index contributed by atoms with van der Waals surface area (Å²) in [6.07, 6.45) is 3.44. The fourth-order valence-corrected chi connectivity index (χ4v) is 4.29. The van der Waals surface area contributed by atoms with E-state index in [1.165, 1.54) is 17.3 Å². The second-order valence-corrected chi connectivity index (χ2v) is 8.36. The van der Waals surface area contributed by atoms with Crippen molar-refractivity contribution in [3.8, 4) is 0 Å². The molecule has 0 bridgehead atoms. The highest BCUT2D eigenvalue weighted by atomic mass is 16.3. The Balaban J connectivity index is 1.62. The number of hydrogen-bond donors (Lipinski definition) is 3. The van der Waals surface area contributed by atoms with Crippen LogP contribution in [0.2, 0.25) is 0 Å². The molecule has 3 N–H and O–H groups in total. The largest absolute Gasteiger partial charge is 0.389 e. The van der Waals surface area contributed by atoms with Gasteiger partial charge in [-0.3, -0.25) is 0 Å². The zero-order valence-corrected chi connectivity index (χ0v) is 17.4. The molecule has 0 amide bonds. The number of β-amino-alcohol motifs (C(OH)–C–C–N with tert-alkyl or cyclic N) is 1. The molecule has 7 nitrogen and oxygen atoms in total. The Labute approximate surface area is 172 Å². The van der Waals surface area contributed by atoms with Crippen molar-refractivity contribution in [1.29, 1.82) is 5.41 Å². The van der Waals surface area contributed by atoms with Crippen molar-refractivity contribution in [2.24, 2.45) is 0 Å². The van der Waals surface area contributed by atoms with E-state index in [0.29, 0.717) is 24.8 Å². The minimum absolute atomic E-state index is 0.277. The van der Waals surface area contributed by atoms with Crippen LogP contribution in [0, 0.1) is 19.3 Å².